The third-order valence-electron chi connectivity index (χ3n) is 5.38. The maximum Gasteiger partial charge on any atom is 0.225 e. The van der Waals surface area contributed by atoms with E-state index in [2.05, 4.69) is 5.32 Å². The maximum atomic E-state index is 12.5. The summed E-state index contributed by atoms with van der Waals surface area (Å²) in [6, 6.07) is 5.68. The first-order valence-corrected chi connectivity index (χ1v) is 10.0. The Morgan fingerprint density at radius 3 is 2.82 bits per heavy atom. The summed E-state index contributed by atoms with van der Waals surface area (Å²) in [5.74, 6) is 1.20. The fourth-order valence-corrected chi connectivity index (χ4v) is 3.71. The first-order valence-electron chi connectivity index (χ1n) is 10.0. The monoisotopic (exact) mass is 390 g/mol. The summed E-state index contributed by atoms with van der Waals surface area (Å²) >= 11 is 0. The predicted octanol–water partition coefficient (Wildman–Crippen LogP) is 2.13. The molecule has 7 nitrogen and oxygen atoms in total. The van der Waals surface area contributed by atoms with Crippen molar-refractivity contribution >= 4 is 11.8 Å². The topological polar surface area (TPSA) is 77.1 Å². The molecule has 0 bridgehead atoms. The Labute approximate surface area is 166 Å². The molecule has 0 spiro atoms. The van der Waals surface area contributed by atoms with Crippen molar-refractivity contribution in [3.63, 3.8) is 0 Å². The molecule has 2 atom stereocenters. The van der Waals surface area contributed by atoms with Crippen LogP contribution in [0.15, 0.2) is 18.2 Å². The van der Waals surface area contributed by atoms with Crippen molar-refractivity contribution in [1.29, 1.82) is 0 Å². The van der Waals surface area contributed by atoms with Crippen molar-refractivity contribution in [3.05, 3.63) is 23.8 Å². The highest BCUT2D eigenvalue weighted by Crippen LogP contribution is 2.29. The Bertz CT molecular complexity index is 687. The quantitative estimate of drug-likeness (QED) is 0.772. The number of rotatable bonds is 7. The summed E-state index contributed by atoms with van der Waals surface area (Å²) in [6.45, 7) is 4.52. The van der Waals surface area contributed by atoms with Gasteiger partial charge in [-0.15, -0.1) is 0 Å². The standard InChI is InChI=1S/C21H30N2O5/c1-15(24)23-9-3-5-17(13-23)21(25)22-12-16-7-8-19(20(11-16)26-2)28-14-18-6-4-10-27-18/h7-8,11,17-18H,3-6,9-10,12-14H2,1-2H3,(H,22,25)/t17-,18-/m1/s1. The molecule has 1 aromatic rings. The molecule has 2 saturated heterocycles. The fourth-order valence-electron chi connectivity index (χ4n) is 3.71. The molecule has 1 N–H and O–H groups in total. The molecule has 2 fully saturated rings. The minimum absolute atomic E-state index is 0.0105. The molecule has 2 aliphatic heterocycles. The summed E-state index contributed by atoms with van der Waals surface area (Å²) in [4.78, 5) is 25.8. The van der Waals surface area contributed by atoms with Gasteiger partial charge in [-0.05, 0) is 43.4 Å². The zero-order chi connectivity index (χ0) is 19.9. The van der Waals surface area contributed by atoms with E-state index in [0.29, 0.717) is 31.2 Å². The van der Waals surface area contributed by atoms with E-state index in [1.807, 2.05) is 18.2 Å². The molecule has 2 heterocycles. The van der Waals surface area contributed by atoms with Gasteiger partial charge in [-0.3, -0.25) is 9.59 Å². The molecule has 0 radical (unpaired) electrons. The molecule has 2 amide bonds. The van der Waals surface area contributed by atoms with Gasteiger partial charge in [0, 0.05) is 33.2 Å². The van der Waals surface area contributed by atoms with Crippen molar-refractivity contribution in [2.24, 2.45) is 5.92 Å². The van der Waals surface area contributed by atoms with Gasteiger partial charge in [0.05, 0.1) is 19.1 Å². The second-order valence-corrected chi connectivity index (χ2v) is 7.45. The molecular formula is C21H30N2O5. The van der Waals surface area contributed by atoms with Crippen molar-refractivity contribution in [2.75, 3.05) is 33.4 Å². The number of nitrogens with zero attached hydrogens (tertiary/aromatic N) is 1. The van der Waals surface area contributed by atoms with E-state index in [1.165, 1.54) is 0 Å². The van der Waals surface area contributed by atoms with E-state index in [0.717, 1.165) is 44.4 Å². The fraction of sp³-hybridized carbons (Fsp3) is 0.619. The van der Waals surface area contributed by atoms with Crippen LogP contribution >= 0.6 is 0 Å². The lowest BCUT2D eigenvalue weighted by Crippen LogP contribution is -2.44. The van der Waals surface area contributed by atoms with Crippen LogP contribution in [0.2, 0.25) is 0 Å². The third kappa shape index (κ3) is 5.38. The van der Waals surface area contributed by atoms with Crippen LogP contribution in [-0.4, -0.2) is 56.2 Å². The summed E-state index contributed by atoms with van der Waals surface area (Å²) < 4.78 is 16.9. The number of ether oxygens (including phenoxy) is 3. The van der Waals surface area contributed by atoms with Crippen molar-refractivity contribution in [3.8, 4) is 11.5 Å². The molecule has 2 aliphatic rings. The van der Waals surface area contributed by atoms with Gasteiger partial charge >= 0.3 is 0 Å². The largest absolute Gasteiger partial charge is 0.493 e. The highest BCUT2D eigenvalue weighted by Gasteiger charge is 2.26. The highest BCUT2D eigenvalue weighted by molar-refractivity contribution is 5.80. The first-order chi connectivity index (χ1) is 13.6. The Morgan fingerprint density at radius 1 is 1.25 bits per heavy atom. The zero-order valence-electron chi connectivity index (χ0n) is 16.7. The molecule has 0 saturated carbocycles. The van der Waals surface area contributed by atoms with Crippen molar-refractivity contribution in [1.82, 2.24) is 10.2 Å². The Morgan fingerprint density at radius 2 is 2.11 bits per heavy atom. The second kappa shape index (κ2) is 9.78. The molecule has 7 heteroatoms. The number of amides is 2. The van der Waals surface area contributed by atoms with Crippen LogP contribution in [0.1, 0.15) is 38.2 Å². The Hall–Kier alpha value is -2.28. The molecule has 0 aromatic heterocycles. The van der Waals surface area contributed by atoms with Gasteiger partial charge in [0.25, 0.3) is 0 Å². The van der Waals surface area contributed by atoms with Crippen LogP contribution in [0.25, 0.3) is 0 Å². The van der Waals surface area contributed by atoms with E-state index in [-0.39, 0.29) is 23.8 Å². The van der Waals surface area contributed by atoms with Gasteiger partial charge in [0.1, 0.15) is 6.61 Å². The first kappa shape index (κ1) is 20.5. The maximum absolute atomic E-state index is 12.5. The number of carbonyl (C=O) groups excluding carboxylic acids is 2. The number of likely N-dealkylation sites (tertiary alicyclic amines) is 1. The third-order valence-corrected chi connectivity index (χ3v) is 5.38. The summed E-state index contributed by atoms with van der Waals surface area (Å²) in [6.07, 6.45) is 3.93. The lowest BCUT2D eigenvalue weighted by molar-refractivity contribution is -0.134. The number of carbonyl (C=O) groups is 2. The van der Waals surface area contributed by atoms with E-state index in [4.69, 9.17) is 14.2 Å². The van der Waals surface area contributed by atoms with E-state index < -0.39 is 0 Å². The van der Waals surface area contributed by atoms with Crippen LogP contribution < -0.4 is 14.8 Å². The van der Waals surface area contributed by atoms with Gasteiger partial charge in [-0.25, -0.2) is 0 Å². The van der Waals surface area contributed by atoms with E-state index in [1.54, 1.807) is 18.9 Å². The minimum atomic E-state index is -0.145. The average Bonchev–Trinajstić information content (AvgIpc) is 3.24. The smallest absolute Gasteiger partial charge is 0.225 e. The average molecular weight is 390 g/mol. The number of hydrogen-bond donors (Lipinski definition) is 1. The van der Waals surface area contributed by atoms with Crippen molar-refractivity contribution in [2.45, 2.75) is 45.3 Å². The van der Waals surface area contributed by atoms with Crippen LogP contribution in [-0.2, 0) is 20.9 Å². The number of piperidine rings is 1. The molecule has 1 aromatic carbocycles. The van der Waals surface area contributed by atoms with Crippen LogP contribution in [0.3, 0.4) is 0 Å². The second-order valence-electron chi connectivity index (χ2n) is 7.45. The molecule has 154 valence electrons. The number of benzene rings is 1. The molecule has 0 unspecified atom stereocenters. The van der Waals surface area contributed by atoms with E-state index in [9.17, 15) is 9.59 Å². The summed E-state index contributed by atoms with van der Waals surface area (Å²) in [5, 5.41) is 2.98. The van der Waals surface area contributed by atoms with Gasteiger partial charge in [-0.1, -0.05) is 6.07 Å². The summed E-state index contributed by atoms with van der Waals surface area (Å²) in [5.41, 5.74) is 0.939. The lowest BCUT2D eigenvalue weighted by Gasteiger charge is -2.31. The number of methoxy groups -OCH3 is 1. The summed E-state index contributed by atoms with van der Waals surface area (Å²) in [7, 11) is 1.61. The van der Waals surface area contributed by atoms with Crippen LogP contribution in [0.4, 0.5) is 0 Å². The molecular weight excluding hydrogens is 360 g/mol. The van der Waals surface area contributed by atoms with E-state index >= 15 is 0 Å². The van der Waals surface area contributed by atoms with Gasteiger partial charge in [0.2, 0.25) is 11.8 Å². The van der Waals surface area contributed by atoms with Gasteiger partial charge < -0.3 is 24.4 Å². The number of nitrogens with one attached hydrogen (secondary N) is 1. The molecule has 28 heavy (non-hydrogen) atoms. The predicted molar refractivity (Wildman–Crippen MR) is 104 cm³/mol. The normalized spacial score (nSPS) is 22.0. The van der Waals surface area contributed by atoms with Crippen LogP contribution in [0, 0.1) is 5.92 Å². The minimum Gasteiger partial charge on any atom is -0.493 e. The van der Waals surface area contributed by atoms with Crippen LogP contribution in [0.5, 0.6) is 11.5 Å². The zero-order valence-corrected chi connectivity index (χ0v) is 16.7. The highest BCUT2D eigenvalue weighted by atomic mass is 16.5. The van der Waals surface area contributed by atoms with Gasteiger partial charge in [0.15, 0.2) is 11.5 Å². The Kier molecular flexibility index (Phi) is 7.14. The molecule has 0 aliphatic carbocycles. The lowest BCUT2D eigenvalue weighted by atomic mass is 9.97. The van der Waals surface area contributed by atoms with Crippen molar-refractivity contribution < 1.29 is 23.8 Å². The SMILES string of the molecule is COc1cc(CNC(=O)[C@@H]2CCCN(C(C)=O)C2)ccc1OC[C@H]1CCCO1. The Balaban J connectivity index is 1.52. The van der Waals surface area contributed by atoms with Gasteiger partial charge in [-0.2, -0.15) is 0 Å². The molecule has 3 rings (SSSR count). The number of hydrogen-bond acceptors (Lipinski definition) is 5.